The van der Waals surface area contributed by atoms with E-state index in [0.717, 1.165) is 36.0 Å². The lowest BCUT2D eigenvalue weighted by Crippen LogP contribution is -2.46. The highest BCUT2D eigenvalue weighted by atomic mass is 16.5. The average molecular weight is 277 g/mol. The molecule has 3 aliphatic carbocycles. The Balaban J connectivity index is 1.82. The molecule has 3 rings (SSSR count). The van der Waals surface area contributed by atoms with E-state index in [0.29, 0.717) is 6.54 Å². The first-order chi connectivity index (χ1) is 9.58. The van der Waals surface area contributed by atoms with Gasteiger partial charge in [0.15, 0.2) is 0 Å². The first-order valence-corrected chi connectivity index (χ1v) is 8.63. The number of hydrogen-bond acceptors (Lipinski definition) is 2. The Labute approximate surface area is 124 Å². The van der Waals surface area contributed by atoms with E-state index in [1.807, 2.05) is 0 Å². The van der Waals surface area contributed by atoms with Crippen LogP contribution in [0.5, 0.6) is 0 Å². The van der Waals surface area contributed by atoms with E-state index in [2.05, 4.69) is 25.9 Å². The minimum absolute atomic E-state index is 0.245. The smallest absolute Gasteiger partial charge is 0.0215 e. The van der Waals surface area contributed by atoms with Crippen molar-refractivity contribution in [1.29, 1.82) is 0 Å². The molecule has 6 unspecified atom stereocenters. The van der Waals surface area contributed by atoms with Crippen LogP contribution in [0.15, 0.2) is 12.2 Å². The van der Waals surface area contributed by atoms with Gasteiger partial charge < -0.3 is 5.21 Å². The highest BCUT2D eigenvalue weighted by Gasteiger charge is 2.52. The van der Waals surface area contributed by atoms with Crippen molar-refractivity contribution < 1.29 is 5.21 Å². The van der Waals surface area contributed by atoms with Crippen LogP contribution in [-0.2, 0) is 0 Å². The lowest BCUT2D eigenvalue weighted by molar-refractivity contribution is -0.00566. The Hall–Kier alpha value is -0.340. The molecule has 0 amide bonds. The molecule has 0 spiro atoms. The fraction of sp³-hybridized carbons (Fsp3) is 0.889. The molecule has 114 valence electrons. The van der Waals surface area contributed by atoms with Gasteiger partial charge in [0.2, 0.25) is 0 Å². The third-order valence-electron chi connectivity index (χ3n) is 7.28. The molecule has 0 aliphatic heterocycles. The van der Waals surface area contributed by atoms with Crippen LogP contribution in [0.2, 0.25) is 0 Å². The minimum Gasteiger partial charge on any atom is -0.317 e. The molecule has 2 nitrogen and oxygen atoms in total. The van der Waals surface area contributed by atoms with Gasteiger partial charge in [-0.05, 0) is 73.5 Å². The number of nitrogens with one attached hydrogen (secondary N) is 1. The first kappa shape index (κ1) is 14.6. The van der Waals surface area contributed by atoms with Crippen LogP contribution in [0.1, 0.15) is 58.8 Å². The van der Waals surface area contributed by atoms with Gasteiger partial charge in [-0.15, -0.1) is 0 Å². The molecule has 0 bridgehead atoms. The molecule has 0 heterocycles. The zero-order chi connectivity index (χ0) is 14.3. The van der Waals surface area contributed by atoms with Gasteiger partial charge in [-0.1, -0.05) is 32.4 Å². The van der Waals surface area contributed by atoms with E-state index >= 15 is 0 Å². The van der Waals surface area contributed by atoms with Gasteiger partial charge in [0.05, 0.1) is 0 Å². The van der Waals surface area contributed by atoms with Gasteiger partial charge in [-0.2, -0.15) is 0 Å². The maximum absolute atomic E-state index is 9.00. The second-order valence-corrected chi connectivity index (χ2v) is 7.95. The average Bonchev–Trinajstić information content (AvgIpc) is 2.83. The van der Waals surface area contributed by atoms with Crippen molar-refractivity contribution >= 4 is 0 Å². The molecule has 0 aromatic rings. The molecule has 0 radical (unpaired) electrons. The summed E-state index contributed by atoms with van der Waals surface area (Å²) in [7, 11) is 0. The minimum atomic E-state index is 0.245. The quantitative estimate of drug-likeness (QED) is 0.592. The van der Waals surface area contributed by atoms with Gasteiger partial charge in [0, 0.05) is 6.54 Å². The molecule has 6 atom stereocenters. The normalized spacial score (nSPS) is 48.0. The van der Waals surface area contributed by atoms with E-state index in [1.165, 1.54) is 44.1 Å². The molecule has 3 saturated carbocycles. The number of fused-ring (bicyclic) bond motifs is 3. The molecule has 3 aliphatic rings. The molecule has 0 aromatic carbocycles. The first-order valence-electron chi connectivity index (χ1n) is 8.63. The monoisotopic (exact) mass is 277 g/mol. The van der Waals surface area contributed by atoms with Gasteiger partial charge in [0.1, 0.15) is 0 Å². The topological polar surface area (TPSA) is 32.3 Å². The predicted molar refractivity (Wildman–Crippen MR) is 82.5 cm³/mol. The molecule has 0 saturated heterocycles. The lowest BCUT2D eigenvalue weighted by atomic mass is 9.51. The SMILES string of the molecule is C=C1CCC2C3CCC(C)C3CCC2C1(C)CCNO. The van der Waals surface area contributed by atoms with Gasteiger partial charge in [-0.3, -0.25) is 0 Å². The van der Waals surface area contributed by atoms with Crippen LogP contribution >= 0.6 is 0 Å². The van der Waals surface area contributed by atoms with Crippen molar-refractivity contribution in [3.05, 3.63) is 12.2 Å². The fourth-order valence-corrected chi connectivity index (χ4v) is 5.99. The summed E-state index contributed by atoms with van der Waals surface area (Å²) in [4.78, 5) is 0. The molecule has 3 fully saturated rings. The summed E-state index contributed by atoms with van der Waals surface area (Å²) in [5.41, 5.74) is 4.06. The number of rotatable bonds is 3. The highest BCUT2D eigenvalue weighted by molar-refractivity contribution is 5.18. The number of hydrogen-bond donors (Lipinski definition) is 2. The van der Waals surface area contributed by atoms with Crippen LogP contribution in [-0.4, -0.2) is 11.8 Å². The van der Waals surface area contributed by atoms with Crippen LogP contribution < -0.4 is 5.48 Å². The van der Waals surface area contributed by atoms with Crippen LogP contribution in [0, 0.1) is 35.0 Å². The van der Waals surface area contributed by atoms with Gasteiger partial charge >= 0.3 is 0 Å². The third-order valence-corrected chi connectivity index (χ3v) is 7.28. The summed E-state index contributed by atoms with van der Waals surface area (Å²) in [6.07, 6.45) is 9.36. The molecule has 0 aromatic heterocycles. The van der Waals surface area contributed by atoms with E-state index in [9.17, 15) is 0 Å². The summed E-state index contributed by atoms with van der Waals surface area (Å²) >= 11 is 0. The van der Waals surface area contributed by atoms with Crippen LogP contribution in [0.25, 0.3) is 0 Å². The molecule has 2 N–H and O–H groups in total. The fourth-order valence-electron chi connectivity index (χ4n) is 5.99. The largest absolute Gasteiger partial charge is 0.317 e. The second-order valence-electron chi connectivity index (χ2n) is 7.95. The Bertz CT molecular complexity index is 380. The maximum atomic E-state index is 9.00. The Kier molecular flexibility index (Phi) is 3.98. The second kappa shape index (κ2) is 5.46. The van der Waals surface area contributed by atoms with Crippen molar-refractivity contribution in [2.75, 3.05) is 6.54 Å². The summed E-state index contributed by atoms with van der Waals surface area (Å²) in [6.45, 7) is 9.99. The van der Waals surface area contributed by atoms with E-state index in [-0.39, 0.29) is 5.41 Å². The summed E-state index contributed by atoms with van der Waals surface area (Å²) in [6, 6.07) is 0. The predicted octanol–water partition coefficient (Wildman–Crippen LogP) is 4.40. The lowest BCUT2D eigenvalue weighted by Gasteiger charge is -2.54. The highest BCUT2D eigenvalue weighted by Crippen LogP contribution is 2.61. The Morgan fingerprint density at radius 2 is 1.90 bits per heavy atom. The Morgan fingerprint density at radius 1 is 1.15 bits per heavy atom. The summed E-state index contributed by atoms with van der Waals surface area (Å²) in [5.74, 6) is 4.68. The van der Waals surface area contributed by atoms with Crippen molar-refractivity contribution in [3.63, 3.8) is 0 Å². The molecular weight excluding hydrogens is 246 g/mol. The van der Waals surface area contributed by atoms with E-state index in [1.54, 1.807) is 0 Å². The standard InChI is InChI=1S/C18H31NO/c1-12-4-6-15-14(12)8-9-17-16(15)7-5-13(2)18(17,3)10-11-19-20/h12,14-17,19-20H,2,4-11H2,1,3H3. The van der Waals surface area contributed by atoms with Gasteiger partial charge in [-0.25, -0.2) is 5.48 Å². The van der Waals surface area contributed by atoms with Crippen LogP contribution in [0.3, 0.4) is 0 Å². The molecular formula is C18H31NO. The van der Waals surface area contributed by atoms with Gasteiger partial charge in [0.25, 0.3) is 0 Å². The Morgan fingerprint density at radius 3 is 2.65 bits per heavy atom. The summed E-state index contributed by atoms with van der Waals surface area (Å²) in [5, 5.41) is 9.00. The maximum Gasteiger partial charge on any atom is 0.0215 e. The van der Waals surface area contributed by atoms with Crippen LogP contribution in [0.4, 0.5) is 0 Å². The van der Waals surface area contributed by atoms with Crippen molar-refractivity contribution in [3.8, 4) is 0 Å². The molecule has 2 heteroatoms. The van der Waals surface area contributed by atoms with Crippen molar-refractivity contribution in [2.24, 2.45) is 35.0 Å². The number of hydroxylamine groups is 1. The zero-order valence-corrected chi connectivity index (χ0v) is 13.2. The molecule has 20 heavy (non-hydrogen) atoms. The van der Waals surface area contributed by atoms with Crippen molar-refractivity contribution in [2.45, 2.75) is 58.8 Å². The number of allylic oxidation sites excluding steroid dienone is 1. The van der Waals surface area contributed by atoms with Crippen molar-refractivity contribution in [1.82, 2.24) is 5.48 Å². The zero-order valence-electron chi connectivity index (χ0n) is 13.2. The van der Waals surface area contributed by atoms with E-state index in [4.69, 9.17) is 5.21 Å². The third kappa shape index (κ3) is 2.16. The summed E-state index contributed by atoms with van der Waals surface area (Å²) < 4.78 is 0. The van der Waals surface area contributed by atoms with E-state index < -0.39 is 0 Å².